The van der Waals surface area contributed by atoms with E-state index in [2.05, 4.69) is 41.1 Å². The molecular weight excluding hydrogens is 302 g/mol. The second-order valence-corrected chi connectivity index (χ2v) is 7.03. The SMILES string of the molecule is Cc1c(N)cccc1SCc1ccc(Br)s1. The number of rotatable bonds is 3. The van der Waals surface area contributed by atoms with Gasteiger partial charge >= 0.3 is 0 Å². The Morgan fingerprint density at radius 2 is 2.12 bits per heavy atom. The second-order valence-electron chi connectivity index (χ2n) is 3.46. The topological polar surface area (TPSA) is 26.0 Å². The Bertz CT molecular complexity index is 494. The molecule has 0 atom stereocenters. The van der Waals surface area contributed by atoms with Crippen molar-refractivity contribution >= 4 is 44.7 Å². The van der Waals surface area contributed by atoms with Gasteiger partial charge < -0.3 is 5.73 Å². The van der Waals surface area contributed by atoms with Gasteiger partial charge in [0.05, 0.1) is 3.79 Å². The molecule has 2 rings (SSSR count). The van der Waals surface area contributed by atoms with Crippen molar-refractivity contribution in [1.29, 1.82) is 0 Å². The van der Waals surface area contributed by atoms with Gasteiger partial charge in [-0.3, -0.25) is 0 Å². The Morgan fingerprint density at radius 1 is 1.31 bits per heavy atom. The minimum atomic E-state index is 0.873. The van der Waals surface area contributed by atoms with Gasteiger partial charge in [0.25, 0.3) is 0 Å². The number of halogens is 1. The van der Waals surface area contributed by atoms with Crippen LogP contribution in [0.1, 0.15) is 10.4 Å². The molecule has 0 bridgehead atoms. The molecule has 2 aromatic rings. The van der Waals surface area contributed by atoms with Crippen LogP contribution in [0.25, 0.3) is 0 Å². The molecule has 0 radical (unpaired) electrons. The summed E-state index contributed by atoms with van der Waals surface area (Å²) in [7, 11) is 0. The molecule has 0 saturated heterocycles. The largest absolute Gasteiger partial charge is 0.398 e. The highest BCUT2D eigenvalue weighted by Gasteiger charge is 2.03. The van der Waals surface area contributed by atoms with Crippen LogP contribution in [0.5, 0.6) is 0 Å². The zero-order valence-electron chi connectivity index (χ0n) is 8.87. The first kappa shape index (κ1) is 12.0. The molecule has 0 aliphatic rings. The molecule has 0 fully saturated rings. The average Bonchev–Trinajstić information content (AvgIpc) is 2.67. The summed E-state index contributed by atoms with van der Waals surface area (Å²) in [6.45, 7) is 2.07. The highest BCUT2D eigenvalue weighted by Crippen LogP contribution is 2.32. The maximum atomic E-state index is 5.88. The van der Waals surface area contributed by atoms with Crippen LogP contribution in [0.3, 0.4) is 0 Å². The zero-order valence-corrected chi connectivity index (χ0v) is 12.1. The lowest BCUT2D eigenvalue weighted by Gasteiger charge is -2.06. The summed E-state index contributed by atoms with van der Waals surface area (Å²) < 4.78 is 1.19. The number of benzene rings is 1. The second kappa shape index (κ2) is 5.25. The lowest BCUT2D eigenvalue weighted by molar-refractivity contribution is 1.30. The van der Waals surface area contributed by atoms with Gasteiger partial charge in [0, 0.05) is 21.2 Å². The average molecular weight is 314 g/mol. The Hall–Kier alpha value is -0.450. The predicted molar refractivity (Wildman–Crippen MR) is 77.2 cm³/mol. The van der Waals surface area contributed by atoms with E-state index in [0.29, 0.717) is 0 Å². The summed E-state index contributed by atoms with van der Waals surface area (Å²) in [5.74, 6) is 1.00. The molecule has 1 heterocycles. The molecule has 0 amide bonds. The van der Waals surface area contributed by atoms with Crippen LogP contribution in [0.15, 0.2) is 39.0 Å². The number of hydrogen-bond donors (Lipinski definition) is 1. The van der Waals surface area contributed by atoms with Crippen molar-refractivity contribution < 1.29 is 0 Å². The van der Waals surface area contributed by atoms with Crippen molar-refractivity contribution in [3.63, 3.8) is 0 Å². The van der Waals surface area contributed by atoms with Crippen LogP contribution < -0.4 is 5.73 Å². The number of anilines is 1. The molecule has 4 heteroatoms. The molecule has 0 unspecified atom stereocenters. The molecular formula is C12H12BrNS2. The Labute approximate surface area is 112 Å². The lowest BCUT2D eigenvalue weighted by Crippen LogP contribution is -1.90. The molecule has 0 saturated carbocycles. The molecule has 16 heavy (non-hydrogen) atoms. The van der Waals surface area contributed by atoms with Gasteiger partial charge in [-0.05, 0) is 52.7 Å². The third-order valence-electron chi connectivity index (χ3n) is 2.32. The number of hydrogen-bond acceptors (Lipinski definition) is 3. The molecule has 0 aliphatic carbocycles. The van der Waals surface area contributed by atoms with Gasteiger partial charge in [0.1, 0.15) is 0 Å². The molecule has 0 spiro atoms. The van der Waals surface area contributed by atoms with Gasteiger partial charge in [-0.25, -0.2) is 0 Å². The first-order valence-corrected chi connectivity index (χ1v) is 7.48. The van der Waals surface area contributed by atoms with Gasteiger partial charge in [-0.2, -0.15) is 0 Å². The van der Waals surface area contributed by atoms with E-state index in [1.165, 1.54) is 19.1 Å². The monoisotopic (exact) mass is 313 g/mol. The van der Waals surface area contributed by atoms with E-state index < -0.39 is 0 Å². The van der Waals surface area contributed by atoms with Crippen LogP contribution in [-0.4, -0.2) is 0 Å². The number of thioether (sulfide) groups is 1. The smallest absolute Gasteiger partial charge is 0.0701 e. The molecule has 1 aromatic carbocycles. The first-order valence-electron chi connectivity index (χ1n) is 4.89. The van der Waals surface area contributed by atoms with Crippen LogP contribution in [0, 0.1) is 6.92 Å². The van der Waals surface area contributed by atoms with Crippen molar-refractivity contribution in [3.8, 4) is 0 Å². The van der Waals surface area contributed by atoms with Crippen LogP contribution in [0.4, 0.5) is 5.69 Å². The summed E-state index contributed by atoms with van der Waals surface area (Å²) in [6.07, 6.45) is 0. The van der Waals surface area contributed by atoms with Crippen molar-refractivity contribution in [1.82, 2.24) is 0 Å². The van der Waals surface area contributed by atoms with Gasteiger partial charge in [0.15, 0.2) is 0 Å². The van der Waals surface area contributed by atoms with E-state index in [1.807, 2.05) is 23.9 Å². The normalized spacial score (nSPS) is 10.6. The molecule has 1 nitrogen and oxygen atoms in total. The predicted octanol–water partition coefficient (Wildman–Crippen LogP) is 4.69. The first-order chi connectivity index (χ1) is 7.66. The molecule has 84 valence electrons. The summed E-state index contributed by atoms with van der Waals surface area (Å²) in [6, 6.07) is 10.3. The Balaban J connectivity index is 2.07. The molecule has 0 aliphatic heterocycles. The van der Waals surface area contributed by atoms with E-state index in [0.717, 1.165) is 11.4 Å². The van der Waals surface area contributed by atoms with E-state index in [-0.39, 0.29) is 0 Å². The number of thiophene rings is 1. The van der Waals surface area contributed by atoms with E-state index in [4.69, 9.17) is 5.73 Å². The Kier molecular flexibility index (Phi) is 3.95. The minimum Gasteiger partial charge on any atom is -0.398 e. The summed E-state index contributed by atoms with van der Waals surface area (Å²) in [4.78, 5) is 2.64. The lowest BCUT2D eigenvalue weighted by atomic mass is 10.2. The minimum absolute atomic E-state index is 0.873. The van der Waals surface area contributed by atoms with Gasteiger partial charge in [-0.15, -0.1) is 23.1 Å². The summed E-state index contributed by atoms with van der Waals surface area (Å²) in [5, 5.41) is 0. The maximum absolute atomic E-state index is 5.88. The van der Waals surface area contributed by atoms with Crippen molar-refractivity contribution in [2.75, 3.05) is 5.73 Å². The number of nitrogens with two attached hydrogens (primary N) is 1. The number of nitrogen functional groups attached to an aromatic ring is 1. The fourth-order valence-electron chi connectivity index (χ4n) is 1.37. The summed E-state index contributed by atoms with van der Waals surface area (Å²) >= 11 is 7.09. The maximum Gasteiger partial charge on any atom is 0.0701 e. The fourth-order valence-corrected chi connectivity index (χ4v) is 3.96. The highest BCUT2D eigenvalue weighted by molar-refractivity contribution is 9.11. The van der Waals surface area contributed by atoms with E-state index >= 15 is 0 Å². The van der Waals surface area contributed by atoms with Crippen molar-refractivity contribution in [3.05, 3.63) is 44.6 Å². The van der Waals surface area contributed by atoms with Gasteiger partial charge in [-0.1, -0.05) is 6.07 Å². The van der Waals surface area contributed by atoms with Crippen molar-refractivity contribution in [2.45, 2.75) is 17.6 Å². The van der Waals surface area contributed by atoms with Gasteiger partial charge in [0.2, 0.25) is 0 Å². The van der Waals surface area contributed by atoms with E-state index in [1.54, 1.807) is 11.3 Å². The fraction of sp³-hybridized carbons (Fsp3) is 0.167. The standard InChI is InChI=1S/C12H12BrNS2/c1-8-10(14)3-2-4-11(8)15-7-9-5-6-12(13)16-9/h2-6H,7,14H2,1H3. The van der Waals surface area contributed by atoms with E-state index in [9.17, 15) is 0 Å². The van der Waals surface area contributed by atoms with Crippen LogP contribution in [0.2, 0.25) is 0 Å². The van der Waals surface area contributed by atoms with Crippen molar-refractivity contribution in [2.24, 2.45) is 0 Å². The quantitative estimate of drug-likeness (QED) is 0.657. The Morgan fingerprint density at radius 3 is 2.81 bits per heavy atom. The highest BCUT2D eigenvalue weighted by atomic mass is 79.9. The zero-order chi connectivity index (χ0) is 11.5. The third kappa shape index (κ3) is 2.81. The molecule has 1 aromatic heterocycles. The van der Waals surface area contributed by atoms with Crippen LogP contribution >= 0.6 is 39.0 Å². The third-order valence-corrected chi connectivity index (χ3v) is 5.34. The van der Waals surface area contributed by atoms with Crippen LogP contribution in [-0.2, 0) is 5.75 Å². The summed E-state index contributed by atoms with van der Waals surface area (Å²) in [5.41, 5.74) is 7.93. The molecule has 2 N–H and O–H groups in total.